The highest BCUT2D eigenvalue weighted by atomic mass is 35.5. The Balaban J connectivity index is 1.84. The molecule has 0 aliphatic rings. The van der Waals surface area contributed by atoms with E-state index in [9.17, 15) is 13.2 Å². The van der Waals surface area contributed by atoms with Gasteiger partial charge >= 0.3 is 0 Å². The summed E-state index contributed by atoms with van der Waals surface area (Å²) >= 11 is 11.8. The van der Waals surface area contributed by atoms with Crippen LogP contribution in [0.25, 0.3) is 0 Å². The van der Waals surface area contributed by atoms with Gasteiger partial charge < -0.3 is 5.32 Å². The van der Waals surface area contributed by atoms with Gasteiger partial charge in [0.1, 0.15) is 0 Å². The zero-order valence-corrected chi connectivity index (χ0v) is 15.0. The summed E-state index contributed by atoms with van der Waals surface area (Å²) < 4.78 is 22.3. The molecule has 3 N–H and O–H groups in total. The van der Waals surface area contributed by atoms with Crippen molar-refractivity contribution in [1.82, 2.24) is 5.32 Å². The normalized spacial score (nSPS) is 11.3. The molecule has 0 unspecified atom stereocenters. The number of sulfonamides is 1. The minimum Gasteiger partial charge on any atom is -0.355 e. The summed E-state index contributed by atoms with van der Waals surface area (Å²) in [6, 6.07) is 11.2. The molecule has 0 heterocycles. The van der Waals surface area contributed by atoms with Gasteiger partial charge in [0.2, 0.25) is 15.9 Å². The summed E-state index contributed by atoms with van der Waals surface area (Å²) in [6.45, 7) is 0.429. The van der Waals surface area contributed by atoms with E-state index in [0.29, 0.717) is 28.6 Å². The first-order valence-electron chi connectivity index (χ1n) is 7.08. The van der Waals surface area contributed by atoms with E-state index in [2.05, 4.69) is 5.32 Å². The number of hydrogen-bond donors (Lipinski definition) is 2. The van der Waals surface area contributed by atoms with Crippen molar-refractivity contribution in [3.05, 3.63) is 63.6 Å². The maximum Gasteiger partial charge on any atom is 0.238 e. The Labute approximate surface area is 150 Å². The third kappa shape index (κ3) is 5.49. The first-order chi connectivity index (χ1) is 11.3. The second-order valence-corrected chi connectivity index (χ2v) is 7.61. The van der Waals surface area contributed by atoms with E-state index in [4.69, 9.17) is 28.3 Å². The molecule has 2 aromatic carbocycles. The number of halogens is 2. The van der Waals surface area contributed by atoms with Gasteiger partial charge in [0.15, 0.2) is 0 Å². The van der Waals surface area contributed by atoms with Crippen molar-refractivity contribution in [1.29, 1.82) is 0 Å². The van der Waals surface area contributed by atoms with Gasteiger partial charge in [-0.05, 0) is 41.8 Å². The number of nitrogens with one attached hydrogen (secondary N) is 1. The number of amides is 1. The van der Waals surface area contributed by atoms with Gasteiger partial charge in [0.25, 0.3) is 0 Å². The molecule has 0 radical (unpaired) electrons. The zero-order chi connectivity index (χ0) is 17.7. The number of benzene rings is 2. The summed E-state index contributed by atoms with van der Waals surface area (Å²) in [5.74, 6) is -0.152. The predicted molar refractivity (Wildman–Crippen MR) is 94.7 cm³/mol. The fraction of sp³-hybridized carbons (Fsp3) is 0.188. The Morgan fingerprint density at radius 3 is 2.33 bits per heavy atom. The van der Waals surface area contributed by atoms with Gasteiger partial charge in [-0.25, -0.2) is 13.6 Å². The largest absolute Gasteiger partial charge is 0.355 e. The highest BCUT2D eigenvalue weighted by molar-refractivity contribution is 7.89. The van der Waals surface area contributed by atoms with Crippen molar-refractivity contribution in [3.63, 3.8) is 0 Å². The van der Waals surface area contributed by atoms with Gasteiger partial charge in [-0.3, -0.25) is 4.79 Å². The Bertz CT molecular complexity index is 837. The molecule has 0 spiro atoms. The van der Waals surface area contributed by atoms with Crippen molar-refractivity contribution in [3.8, 4) is 0 Å². The molecule has 2 aromatic rings. The third-order valence-electron chi connectivity index (χ3n) is 3.35. The summed E-state index contributed by atoms with van der Waals surface area (Å²) in [5, 5.41) is 8.81. The van der Waals surface area contributed by atoms with Crippen molar-refractivity contribution < 1.29 is 13.2 Å². The molecule has 1 amide bonds. The molecule has 8 heteroatoms. The topological polar surface area (TPSA) is 89.3 Å². The van der Waals surface area contributed by atoms with Crippen molar-refractivity contribution in [2.45, 2.75) is 17.7 Å². The van der Waals surface area contributed by atoms with E-state index >= 15 is 0 Å². The molecule has 0 fully saturated rings. The Kier molecular flexibility index (Phi) is 6.23. The number of nitrogens with two attached hydrogens (primary N) is 1. The average molecular weight is 387 g/mol. The van der Waals surface area contributed by atoms with Crippen LogP contribution < -0.4 is 10.5 Å². The molecule has 24 heavy (non-hydrogen) atoms. The molecular weight excluding hydrogens is 371 g/mol. The molecule has 0 aromatic heterocycles. The Morgan fingerprint density at radius 1 is 1.08 bits per heavy atom. The predicted octanol–water partition coefficient (Wildman–Crippen LogP) is 2.54. The summed E-state index contributed by atoms with van der Waals surface area (Å²) in [5.41, 5.74) is 1.60. The van der Waals surface area contributed by atoms with Gasteiger partial charge in [-0.1, -0.05) is 41.4 Å². The van der Waals surface area contributed by atoms with E-state index in [-0.39, 0.29) is 17.2 Å². The standard InChI is InChI=1S/C16H16Cl2N2O3S/c17-13-4-3-12(15(18)10-13)9-16(21)20-8-7-11-1-5-14(6-2-11)24(19,22)23/h1-6,10H,7-9H2,(H,20,21)(H2,19,22,23). The lowest BCUT2D eigenvalue weighted by Gasteiger charge is -2.07. The first kappa shape index (κ1) is 18.7. The molecule has 0 saturated carbocycles. The van der Waals surface area contributed by atoms with Gasteiger partial charge in [0, 0.05) is 16.6 Å². The van der Waals surface area contributed by atoms with Gasteiger partial charge in [-0.2, -0.15) is 0 Å². The lowest BCUT2D eigenvalue weighted by Crippen LogP contribution is -2.27. The SMILES string of the molecule is NS(=O)(=O)c1ccc(CCNC(=O)Cc2ccc(Cl)cc2Cl)cc1. The molecule has 0 bridgehead atoms. The smallest absolute Gasteiger partial charge is 0.238 e. The number of hydrogen-bond acceptors (Lipinski definition) is 3. The van der Waals surface area contributed by atoms with E-state index in [0.717, 1.165) is 5.56 Å². The second kappa shape index (κ2) is 7.98. The monoisotopic (exact) mass is 386 g/mol. The zero-order valence-electron chi connectivity index (χ0n) is 12.6. The second-order valence-electron chi connectivity index (χ2n) is 5.20. The molecule has 2 rings (SSSR count). The lowest BCUT2D eigenvalue weighted by molar-refractivity contribution is -0.120. The minimum absolute atomic E-state index is 0.0627. The summed E-state index contributed by atoms with van der Waals surface area (Å²) in [7, 11) is -3.69. The summed E-state index contributed by atoms with van der Waals surface area (Å²) in [4.78, 5) is 12.0. The van der Waals surface area contributed by atoms with E-state index in [1.54, 1.807) is 30.3 Å². The van der Waals surface area contributed by atoms with Crippen LogP contribution in [0.15, 0.2) is 47.4 Å². The van der Waals surface area contributed by atoms with Crippen LogP contribution in [-0.2, 0) is 27.7 Å². The Hall–Kier alpha value is -1.60. The van der Waals surface area contributed by atoms with Gasteiger partial charge in [-0.15, -0.1) is 0 Å². The van der Waals surface area contributed by atoms with E-state index in [1.807, 2.05) is 0 Å². The number of carbonyl (C=O) groups is 1. The van der Waals surface area contributed by atoms with Crippen LogP contribution in [0.2, 0.25) is 10.0 Å². The lowest BCUT2D eigenvalue weighted by atomic mass is 10.1. The molecule has 0 aliphatic carbocycles. The third-order valence-corrected chi connectivity index (χ3v) is 4.87. The van der Waals surface area contributed by atoms with E-state index < -0.39 is 10.0 Å². The number of rotatable bonds is 6. The van der Waals surface area contributed by atoms with Crippen LogP contribution in [0.5, 0.6) is 0 Å². The molecule has 0 aliphatic heterocycles. The molecule has 128 valence electrons. The van der Waals surface area contributed by atoms with Crippen molar-refractivity contribution >= 4 is 39.1 Å². The van der Waals surface area contributed by atoms with E-state index in [1.165, 1.54) is 12.1 Å². The summed E-state index contributed by atoms with van der Waals surface area (Å²) in [6.07, 6.45) is 0.741. The van der Waals surface area contributed by atoms with Crippen LogP contribution in [0.4, 0.5) is 0 Å². The molecular formula is C16H16Cl2N2O3S. The highest BCUT2D eigenvalue weighted by Gasteiger charge is 2.09. The van der Waals surface area contributed by atoms with Crippen molar-refractivity contribution in [2.24, 2.45) is 5.14 Å². The van der Waals surface area contributed by atoms with Crippen LogP contribution in [0.3, 0.4) is 0 Å². The van der Waals surface area contributed by atoms with Crippen LogP contribution in [0, 0.1) is 0 Å². The fourth-order valence-corrected chi connectivity index (χ4v) is 3.08. The quantitative estimate of drug-likeness (QED) is 0.798. The first-order valence-corrected chi connectivity index (χ1v) is 9.38. The van der Waals surface area contributed by atoms with Crippen LogP contribution in [-0.4, -0.2) is 20.9 Å². The van der Waals surface area contributed by atoms with Gasteiger partial charge in [0.05, 0.1) is 11.3 Å². The molecule has 0 atom stereocenters. The maximum atomic E-state index is 11.9. The Morgan fingerprint density at radius 2 is 1.75 bits per heavy atom. The average Bonchev–Trinajstić information content (AvgIpc) is 2.50. The maximum absolute atomic E-state index is 11.9. The van der Waals surface area contributed by atoms with Crippen molar-refractivity contribution in [2.75, 3.05) is 6.54 Å². The highest BCUT2D eigenvalue weighted by Crippen LogP contribution is 2.21. The molecule has 5 nitrogen and oxygen atoms in total. The number of carbonyl (C=O) groups excluding carboxylic acids is 1. The fourth-order valence-electron chi connectivity index (χ4n) is 2.09. The minimum atomic E-state index is -3.69. The van der Waals surface area contributed by atoms with Crippen LogP contribution >= 0.6 is 23.2 Å². The van der Waals surface area contributed by atoms with Crippen LogP contribution in [0.1, 0.15) is 11.1 Å². The number of primary sulfonamides is 1. The molecule has 0 saturated heterocycles.